The molecule has 1 aliphatic rings. The van der Waals surface area contributed by atoms with Crippen molar-refractivity contribution in [2.45, 2.75) is 31.7 Å². The topological polar surface area (TPSA) is 58.2 Å². The number of ether oxygens (including phenoxy) is 1. The molecule has 1 N–H and O–H groups in total. The van der Waals surface area contributed by atoms with Gasteiger partial charge < -0.3 is 14.6 Å². The molecule has 1 fully saturated rings. The molecular weight excluding hydrogens is 326 g/mol. The number of para-hydroxylation sites is 2. The van der Waals surface area contributed by atoms with Crippen LogP contribution in [0.4, 0.5) is 0 Å². The van der Waals surface area contributed by atoms with Crippen molar-refractivity contribution in [3.8, 4) is 5.75 Å². The van der Waals surface area contributed by atoms with E-state index in [1.807, 2.05) is 53.4 Å². The third kappa shape index (κ3) is 3.29. The monoisotopic (exact) mass is 349 g/mol. The number of amides is 1. The summed E-state index contributed by atoms with van der Waals surface area (Å²) in [5.74, 6) is 1.86. The summed E-state index contributed by atoms with van der Waals surface area (Å²) in [5, 5.41) is 0. The van der Waals surface area contributed by atoms with E-state index in [-0.39, 0.29) is 11.9 Å². The van der Waals surface area contributed by atoms with Gasteiger partial charge in [-0.2, -0.15) is 0 Å². The number of nitrogens with zero attached hydrogens (tertiary/aromatic N) is 2. The van der Waals surface area contributed by atoms with Crippen LogP contribution in [0.2, 0.25) is 0 Å². The lowest BCUT2D eigenvalue weighted by molar-refractivity contribution is -0.134. The number of likely N-dealkylation sites (tertiary alicyclic amines) is 1. The molecule has 26 heavy (non-hydrogen) atoms. The second kappa shape index (κ2) is 7.20. The second-order valence-corrected chi connectivity index (χ2v) is 6.76. The van der Waals surface area contributed by atoms with Crippen molar-refractivity contribution in [2.24, 2.45) is 0 Å². The Balaban J connectivity index is 1.55. The summed E-state index contributed by atoms with van der Waals surface area (Å²) in [6, 6.07) is 15.7. The predicted molar refractivity (Wildman–Crippen MR) is 101 cm³/mol. The Bertz CT molecular complexity index is 868. The minimum Gasteiger partial charge on any atom is -0.497 e. The van der Waals surface area contributed by atoms with E-state index in [9.17, 15) is 4.79 Å². The minimum atomic E-state index is 0.0295. The van der Waals surface area contributed by atoms with Gasteiger partial charge >= 0.3 is 0 Å². The highest BCUT2D eigenvalue weighted by molar-refractivity contribution is 5.80. The molecule has 0 radical (unpaired) electrons. The maximum Gasteiger partial charge on any atom is 0.227 e. The summed E-state index contributed by atoms with van der Waals surface area (Å²) >= 11 is 0. The second-order valence-electron chi connectivity index (χ2n) is 6.76. The van der Waals surface area contributed by atoms with Crippen molar-refractivity contribution >= 4 is 16.9 Å². The third-order valence-electron chi connectivity index (χ3n) is 5.06. The van der Waals surface area contributed by atoms with E-state index < -0.39 is 0 Å². The van der Waals surface area contributed by atoms with Crippen LogP contribution in [0.25, 0.3) is 11.0 Å². The quantitative estimate of drug-likeness (QED) is 0.778. The Hall–Kier alpha value is -2.82. The molecule has 1 saturated heterocycles. The SMILES string of the molecule is COc1ccc(CC(=O)N2CCCCC2c2nc3ccccc3[nH]2)cc1. The fraction of sp³-hybridized carbons (Fsp3) is 0.333. The number of methoxy groups -OCH3 is 1. The van der Waals surface area contributed by atoms with E-state index in [4.69, 9.17) is 9.72 Å². The smallest absolute Gasteiger partial charge is 0.227 e. The molecule has 5 heteroatoms. The van der Waals surface area contributed by atoms with Gasteiger partial charge in [0.05, 0.1) is 30.6 Å². The van der Waals surface area contributed by atoms with Gasteiger partial charge in [-0.15, -0.1) is 0 Å². The van der Waals surface area contributed by atoms with E-state index in [2.05, 4.69) is 4.98 Å². The Morgan fingerprint density at radius 2 is 2.00 bits per heavy atom. The van der Waals surface area contributed by atoms with Crippen LogP contribution in [0.3, 0.4) is 0 Å². The van der Waals surface area contributed by atoms with Crippen molar-refractivity contribution in [3.05, 3.63) is 59.9 Å². The standard InChI is InChI=1S/C21H23N3O2/c1-26-16-11-9-15(10-12-16)14-20(25)24-13-5-4-8-19(24)21-22-17-6-2-3-7-18(17)23-21/h2-3,6-7,9-12,19H,4-5,8,13-14H2,1H3,(H,22,23). The number of carbonyl (C=O) groups is 1. The lowest BCUT2D eigenvalue weighted by atomic mass is 10.00. The average Bonchev–Trinajstić information content (AvgIpc) is 3.12. The van der Waals surface area contributed by atoms with Crippen LogP contribution in [-0.4, -0.2) is 34.4 Å². The number of piperidine rings is 1. The molecule has 0 bridgehead atoms. The molecule has 2 aromatic carbocycles. The van der Waals surface area contributed by atoms with Crippen molar-refractivity contribution in [1.82, 2.24) is 14.9 Å². The van der Waals surface area contributed by atoms with Crippen molar-refractivity contribution in [3.63, 3.8) is 0 Å². The van der Waals surface area contributed by atoms with Crippen LogP contribution in [0.15, 0.2) is 48.5 Å². The zero-order chi connectivity index (χ0) is 17.9. The van der Waals surface area contributed by atoms with Crippen LogP contribution >= 0.6 is 0 Å². The molecule has 3 aromatic rings. The fourth-order valence-electron chi connectivity index (χ4n) is 3.66. The highest BCUT2D eigenvalue weighted by atomic mass is 16.5. The maximum atomic E-state index is 13.0. The number of aromatic nitrogens is 2. The fourth-order valence-corrected chi connectivity index (χ4v) is 3.66. The van der Waals surface area contributed by atoms with Crippen LogP contribution in [0, 0.1) is 0 Å². The first-order valence-corrected chi connectivity index (χ1v) is 9.11. The normalized spacial score (nSPS) is 17.4. The molecule has 0 aliphatic carbocycles. The number of imidazole rings is 1. The summed E-state index contributed by atoms with van der Waals surface area (Å²) < 4.78 is 5.19. The summed E-state index contributed by atoms with van der Waals surface area (Å²) in [5.41, 5.74) is 2.98. The number of fused-ring (bicyclic) bond motifs is 1. The van der Waals surface area contributed by atoms with Crippen LogP contribution in [0.1, 0.15) is 36.7 Å². The number of rotatable bonds is 4. The Morgan fingerprint density at radius 1 is 1.19 bits per heavy atom. The lowest BCUT2D eigenvalue weighted by Gasteiger charge is -2.34. The molecule has 1 aliphatic heterocycles. The van der Waals surface area contributed by atoms with Gasteiger partial charge in [0.25, 0.3) is 0 Å². The first-order chi connectivity index (χ1) is 12.7. The average molecular weight is 349 g/mol. The van der Waals surface area contributed by atoms with Gasteiger partial charge in [-0.05, 0) is 49.1 Å². The molecule has 2 heterocycles. The maximum absolute atomic E-state index is 13.0. The van der Waals surface area contributed by atoms with Gasteiger partial charge in [0.15, 0.2) is 0 Å². The lowest BCUT2D eigenvalue weighted by Crippen LogP contribution is -2.39. The summed E-state index contributed by atoms with van der Waals surface area (Å²) in [6.07, 6.45) is 3.52. The predicted octanol–water partition coefficient (Wildman–Crippen LogP) is 3.87. The molecule has 1 amide bonds. The molecule has 134 valence electrons. The number of H-pyrrole nitrogens is 1. The first-order valence-electron chi connectivity index (χ1n) is 9.11. The van der Waals surface area contributed by atoms with Crippen molar-refractivity contribution in [1.29, 1.82) is 0 Å². The Kier molecular flexibility index (Phi) is 4.61. The van der Waals surface area contributed by atoms with Gasteiger partial charge in [0.1, 0.15) is 11.6 Å². The Labute approximate surface area is 153 Å². The summed E-state index contributed by atoms with van der Waals surface area (Å²) in [4.78, 5) is 23.1. The van der Waals surface area contributed by atoms with Crippen molar-refractivity contribution < 1.29 is 9.53 Å². The summed E-state index contributed by atoms with van der Waals surface area (Å²) in [6.45, 7) is 0.788. The molecule has 0 spiro atoms. The Morgan fingerprint density at radius 3 is 2.77 bits per heavy atom. The summed E-state index contributed by atoms with van der Waals surface area (Å²) in [7, 11) is 1.64. The molecule has 1 unspecified atom stereocenters. The van der Waals surface area contributed by atoms with Gasteiger partial charge in [-0.25, -0.2) is 4.98 Å². The van der Waals surface area contributed by atoms with E-state index >= 15 is 0 Å². The number of hydrogen-bond acceptors (Lipinski definition) is 3. The van der Waals surface area contributed by atoms with E-state index in [1.165, 1.54) is 0 Å². The van der Waals surface area contributed by atoms with E-state index in [1.54, 1.807) is 7.11 Å². The molecule has 0 saturated carbocycles. The number of carbonyl (C=O) groups excluding carboxylic acids is 1. The minimum absolute atomic E-state index is 0.0295. The highest BCUT2D eigenvalue weighted by Gasteiger charge is 2.30. The zero-order valence-corrected chi connectivity index (χ0v) is 14.9. The zero-order valence-electron chi connectivity index (χ0n) is 14.9. The van der Waals surface area contributed by atoms with Crippen molar-refractivity contribution in [2.75, 3.05) is 13.7 Å². The number of benzene rings is 2. The number of nitrogens with one attached hydrogen (secondary N) is 1. The highest BCUT2D eigenvalue weighted by Crippen LogP contribution is 2.31. The van der Waals surface area contributed by atoms with Gasteiger partial charge in [0.2, 0.25) is 5.91 Å². The van der Waals surface area contributed by atoms with Crippen LogP contribution in [-0.2, 0) is 11.2 Å². The van der Waals surface area contributed by atoms with Gasteiger partial charge in [0, 0.05) is 6.54 Å². The molecule has 1 aromatic heterocycles. The first kappa shape index (κ1) is 16.6. The van der Waals surface area contributed by atoms with E-state index in [0.717, 1.165) is 54.0 Å². The molecule has 5 nitrogen and oxygen atoms in total. The van der Waals surface area contributed by atoms with Gasteiger partial charge in [-0.1, -0.05) is 24.3 Å². The largest absolute Gasteiger partial charge is 0.497 e. The third-order valence-corrected chi connectivity index (χ3v) is 5.06. The molecular formula is C21H23N3O2. The number of hydrogen-bond donors (Lipinski definition) is 1. The molecule has 4 rings (SSSR count). The van der Waals surface area contributed by atoms with E-state index in [0.29, 0.717) is 6.42 Å². The van der Waals surface area contributed by atoms with Gasteiger partial charge in [-0.3, -0.25) is 4.79 Å². The number of aromatic amines is 1. The molecule has 1 atom stereocenters. The van der Waals surface area contributed by atoms with Crippen LogP contribution in [0.5, 0.6) is 5.75 Å². The van der Waals surface area contributed by atoms with Crippen LogP contribution < -0.4 is 4.74 Å².